The summed E-state index contributed by atoms with van der Waals surface area (Å²) in [6.07, 6.45) is 1.66. The van der Waals surface area contributed by atoms with Gasteiger partial charge in [0.25, 0.3) is 0 Å². The van der Waals surface area contributed by atoms with Crippen LogP contribution >= 0.6 is 0 Å². The van der Waals surface area contributed by atoms with Crippen molar-refractivity contribution in [3.05, 3.63) is 29.8 Å². The van der Waals surface area contributed by atoms with E-state index >= 15 is 0 Å². The predicted molar refractivity (Wildman–Crippen MR) is 98.2 cm³/mol. The van der Waals surface area contributed by atoms with E-state index in [0.717, 1.165) is 11.3 Å². The highest BCUT2D eigenvalue weighted by atomic mass is 16.5. The van der Waals surface area contributed by atoms with Crippen molar-refractivity contribution in [1.82, 2.24) is 4.90 Å². The summed E-state index contributed by atoms with van der Waals surface area (Å²) in [5, 5.41) is 2.96. The van der Waals surface area contributed by atoms with E-state index in [-0.39, 0.29) is 11.8 Å². The minimum Gasteiger partial charge on any atom is -0.381 e. The number of amides is 2. The molecule has 0 bridgehead atoms. The van der Waals surface area contributed by atoms with Crippen LogP contribution in [0.2, 0.25) is 0 Å². The number of carbonyl (C=O) groups excluding carboxylic acids is 2. The molecule has 25 heavy (non-hydrogen) atoms. The third-order valence-electron chi connectivity index (χ3n) is 5.01. The minimum atomic E-state index is -0.546. The molecular formula is C19H29N3O3. The molecule has 1 fully saturated rings. The highest BCUT2D eigenvalue weighted by molar-refractivity contribution is 5.95. The SMILES string of the molecule is CCN(CC)C(=O)Cc1ccc(NC(=O)C2(CN)CCOCC2)cc1. The summed E-state index contributed by atoms with van der Waals surface area (Å²) < 4.78 is 5.35. The van der Waals surface area contributed by atoms with Crippen molar-refractivity contribution in [3.8, 4) is 0 Å². The number of likely N-dealkylation sites (N-methyl/N-ethyl adjacent to an activating group) is 1. The molecule has 138 valence electrons. The van der Waals surface area contributed by atoms with Gasteiger partial charge < -0.3 is 20.7 Å². The second-order valence-electron chi connectivity index (χ2n) is 6.49. The molecule has 0 radical (unpaired) electrons. The molecule has 1 aromatic rings. The van der Waals surface area contributed by atoms with Gasteiger partial charge in [0.1, 0.15) is 0 Å². The fourth-order valence-corrected chi connectivity index (χ4v) is 3.12. The second kappa shape index (κ2) is 8.97. The van der Waals surface area contributed by atoms with Crippen LogP contribution in [-0.4, -0.2) is 49.6 Å². The first-order valence-electron chi connectivity index (χ1n) is 9.00. The molecule has 1 saturated heterocycles. The fourth-order valence-electron chi connectivity index (χ4n) is 3.12. The minimum absolute atomic E-state index is 0.0507. The molecule has 3 N–H and O–H groups in total. The van der Waals surface area contributed by atoms with Crippen LogP contribution < -0.4 is 11.1 Å². The van der Waals surface area contributed by atoms with Gasteiger partial charge in [0.15, 0.2) is 0 Å². The summed E-state index contributed by atoms with van der Waals surface area (Å²) in [4.78, 5) is 26.6. The van der Waals surface area contributed by atoms with Crippen molar-refractivity contribution in [2.75, 3.05) is 38.2 Å². The summed E-state index contributed by atoms with van der Waals surface area (Å²) >= 11 is 0. The van der Waals surface area contributed by atoms with Crippen molar-refractivity contribution in [2.45, 2.75) is 33.1 Å². The summed E-state index contributed by atoms with van der Waals surface area (Å²) in [6, 6.07) is 7.45. The number of anilines is 1. The van der Waals surface area contributed by atoms with Crippen LogP contribution in [0.5, 0.6) is 0 Å². The quantitative estimate of drug-likeness (QED) is 0.787. The van der Waals surface area contributed by atoms with Gasteiger partial charge in [-0.25, -0.2) is 0 Å². The third-order valence-corrected chi connectivity index (χ3v) is 5.01. The first-order valence-corrected chi connectivity index (χ1v) is 9.00. The Kier molecular flexibility index (Phi) is 6.96. The Morgan fingerprint density at radius 2 is 1.76 bits per heavy atom. The normalized spacial score (nSPS) is 16.3. The first kappa shape index (κ1) is 19.4. The molecular weight excluding hydrogens is 318 g/mol. The van der Waals surface area contributed by atoms with Crippen LogP contribution in [0, 0.1) is 5.41 Å². The molecule has 2 rings (SSSR count). The third kappa shape index (κ3) is 4.80. The van der Waals surface area contributed by atoms with Gasteiger partial charge in [0.05, 0.1) is 11.8 Å². The highest BCUT2D eigenvalue weighted by Crippen LogP contribution is 2.30. The lowest BCUT2D eigenvalue weighted by Gasteiger charge is -2.34. The molecule has 0 atom stereocenters. The van der Waals surface area contributed by atoms with Gasteiger partial charge in [-0.15, -0.1) is 0 Å². The molecule has 1 aliphatic heterocycles. The average molecular weight is 347 g/mol. The number of rotatable bonds is 7. The maximum Gasteiger partial charge on any atom is 0.232 e. The Morgan fingerprint density at radius 1 is 1.16 bits per heavy atom. The maximum absolute atomic E-state index is 12.6. The lowest BCUT2D eigenvalue weighted by atomic mass is 9.79. The van der Waals surface area contributed by atoms with Gasteiger partial charge in [0, 0.05) is 38.5 Å². The molecule has 0 spiro atoms. The fraction of sp³-hybridized carbons (Fsp3) is 0.579. The van der Waals surface area contributed by atoms with Gasteiger partial charge in [0.2, 0.25) is 11.8 Å². The van der Waals surface area contributed by atoms with Crippen LogP contribution in [-0.2, 0) is 20.7 Å². The summed E-state index contributed by atoms with van der Waals surface area (Å²) in [7, 11) is 0. The Balaban J connectivity index is 1.98. The van der Waals surface area contributed by atoms with Gasteiger partial charge in [-0.2, -0.15) is 0 Å². The van der Waals surface area contributed by atoms with Crippen LogP contribution in [0.25, 0.3) is 0 Å². The number of hydrogen-bond donors (Lipinski definition) is 2. The summed E-state index contributed by atoms with van der Waals surface area (Å²) in [5.41, 5.74) is 6.99. The van der Waals surface area contributed by atoms with Gasteiger partial charge >= 0.3 is 0 Å². The van der Waals surface area contributed by atoms with Crippen molar-refractivity contribution >= 4 is 17.5 Å². The Labute approximate surface area is 149 Å². The van der Waals surface area contributed by atoms with E-state index < -0.39 is 5.41 Å². The number of benzene rings is 1. The standard InChI is InChI=1S/C19H29N3O3/c1-3-22(4-2)17(23)13-15-5-7-16(8-6-15)21-18(24)19(14-20)9-11-25-12-10-19/h5-8H,3-4,9-14,20H2,1-2H3,(H,21,24). The lowest BCUT2D eigenvalue weighted by molar-refractivity contribution is -0.130. The molecule has 0 aliphatic carbocycles. The van der Waals surface area contributed by atoms with Crippen molar-refractivity contribution in [1.29, 1.82) is 0 Å². The Bertz CT molecular complexity index is 576. The van der Waals surface area contributed by atoms with E-state index in [1.807, 2.05) is 43.0 Å². The van der Waals surface area contributed by atoms with E-state index in [1.165, 1.54) is 0 Å². The summed E-state index contributed by atoms with van der Waals surface area (Å²) in [6.45, 7) is 6.84. The zero-order valence-corrected chi connectivity index (χ0v) is 15.2. The topological polar surface area (TPSA) is 84.7 Å². The number of nitrogens with one attached hydrogen (secondary N) is 1. The van der Waals surface area contributed by atoms with Crippen molar-refractivity contribution in [2.24, 2.45) is 11.1 Å². The smallest absolute Gasteiger partial charge is 0.232 e. The van der Waals surface area contributed by atoms with E-state index in [4.69, 9.17) is 10.5 Å². The number of nitrogens with two attached hydrogens (primary N) is 1. The van der Waals surface area contributed by atoms with Crippen LogP contribution in [0.3, 0.4) is 0 Å². The second-order valence-corrected chi connectivity index (χ2v) is 6.49. The van der Waals surface area contributed by atoms with E-state index in [0.29, 0.717) is 52.1 Å². The van der Waals surface area contributed by atoms with E-state index in [9.17, 15) is 9.59 Å². The molecule has 0 aromatic heterocycles. The number of nitrogens with zero attached hydrogens (tertiary/aromatic N) is 1. The average Bonchev–Trinajstić information content (AvgIpc) is 2.64. The summed E-state index contributed by atoms with van der Waals surface area (Å²) in [5.74, 6) is 0.0661. The monoisotopic (exact) mass is 347 g/mol. The molecule has 1 aromatic carbocycles. The molecule has 1 aliphatic rings. The molecule has 2 amide bonds. The van der Waals surface area contributed by atoms with Crippen molar-refractivity contribution in [3.63, 3.8) is 0 Å². The maximum atomic E-state index is 12.6. The lowest BCUT2D eigenvalue weighted by Crippen LogP contribution is -2.46. The van der Waals surface area contributed by atoms with Gasteiger partial charge in [-0.3, -0.25) is 9.59 Å². The van der Waals surface area contributed by atoms with Crippen LogP contribution in [0.1, 0.15) is 32.3 Å². The number of hydrogen-bond acceptors (Lipinski definition) is 4. The largest absolute Gasteiger partial charge is 0.381 e. The predicted octanol–water partition coefficient (Wildman–Crippen LogP) is 1.79. The Hall–Kier alpha value is -1.92. The Morgan fingerprint density at radius 3 is 2.28 bits per heavy atom. The van der Waals surface area contributed by atoms with Crippen molar-refractivity contribution < 1.29 is 14.3 Å². The first-order chi connectivity index (χ1) is 12.0. The number of ether oxygens (including phenoxy) is 1. The van der Waals surface area contributed by atoms with Crippen LogP contribution in [0.4, 0.5) is 5.69 Å². The molecule has 0 saturated carbocycles. The molecule has 0 unspecified atom stereocenters. The zero-order valence-electron chi connectivity index (χ0n) is 15.2. The highest BCUT2D eigenvalue weighted by Gasteiger charge is 2.38. The molecule has 6 heteroatoms. The van der Waals surface area contributed by atoms with Gasteiger partial charge in [-0.05, 0) is 44.4 Å². The van der Waals surface area contributed by atoms with Crippen LogP contribution in [0.15, 0.2) is 24.3 Å². The molecule has 1 heterocycles. The van der Waals surface area contributed by atoms with E-state index in [1.54, 1.807) is 0 Å². The van der Waals surface area contributed by atoms with E-state index in [2.05, 4.69) is 5.32 Å². The molecule has 6 nitrogen and oxygen atoms in total. The van der Waals surface area contributed by atoms with Gasteiger partial charge in [-0.1, -0.05) is 12.1 Å². The zero-order chi connectivity index (χ0) is 18.3. The number of carbonyl (C=O) groups is 2.